The largest absolute Gasteiger partial charge is 0.348 e. The van der Waals surface area contributed by atoms with E-state index in [1.807, 2.05) is 6.92 Å². The number of hydrogen-bond donors (Lipinski definition) is 2. The molecule has 5 nitrogen and oxygen atoms in total. The van der Waals surface area contributed by atoms with Crippen LogP contribution in [-0.2, 0) is 16.0 Å². The van der Waals surface area contributed by atoms with Gasteiger partial charge in [0, 0.05) is 24.7 Å². The van der Waals surface area contributed by atoms with Gasteiger partial charge in [-0.25, -0.2) is 4.98 Å². The van der Waals surface area contributed by atoms with Gasteiger partial charge in [0.05, 0.1) is 12.4 Å². The first-order valence-electron chi connectivity index (χ1n) is 4.98. The first-order valence-corrected chi connectivity index (χ1v) is 4.98. The number of carbonyl (C=O) groups is 2. The van der Waals surface area contributed by atoms with E-state index in [-0.39, 0.29) is 5.91 Å². The molecule has 0 aliphatic carbocycles. The maximum absolute atomic E-state index is 11.2. The second kappa shape index (κ2) is 5.95. The van der Waals surface area contributed by atoms with E-state index in [1.165, 1.54) is 0 Å². The van der Waals surface area contributed by atoms with E-state index < -0.39 is 6.04 Å². The summed E-state index contributed by atoms with van der Waals surface area (Å²) in [6, 6.07) is -0.468. The quantitative estimate of drug-likeness (QED) is 0.667. The molecule has 0 spiro atoms. The van der Waals surface area contributed by atoms with Crippen molar-refractivity contribution in [1.82, 2.24) is 15.3 Å². The number of nitrogens with one attached hydrogen (secondary N) is 2. The van der Waals surface area contributed by atoms with Crippen LogP contribution in [0.25, 0.3) is 0 Å². The van der Waals surface area contributed by atoms with E-state index >= 15 is 0 Å². The topological polar surface area (TPSA) is 74.8 Å². The van der Waals surface area contributed by atoms with Crippen molar-refractivity contribution in [1.29, 1.82) is 0 Å². The monoisotopic (exact) mass is 209 g/mol. The SMILES string of the molecule is CCCC(=O)N[C@@H](C=O)Cc1cnc[nH]1. The van der Waals surface area contributed by atoms with Gasteiger partial charge in [-0.3, -0.25) is 4.79 Å². The van der Waals surface area contributed by atoms with Crippen LogP contribution in [0.2, 0.25) is 0 Å². The highest BCUT2D eigenvalue weighted by molar-refractivity contribution is 5.79. The number of aromatic nitrogens is 2. The molecular weight excluding hydrogens is 194 g/mol. The molecule has 0 unspecified atom stereocenters. The van der Waals surface area contributed by atoms with Crippen LogP contribution in [0, 0.1) is 0 Å². The average molecular weight is 209 g/mol. The molecule has 0 saturated heterocycles. The van der Waals surface area contributed by atoms with Gasteiger partial charge in [-0.05, 0) is 6.42 Å². The minimum atomic E-state index is -0.468. The highest BCUT2D eigenvalue weighted by Gasteiger charge is 2.11. The van der Waals surface area contributed by atoms with Crippen molar-refractivity contribution in [2.24, 2.45) is 0 Å². The van der Waals surface area contributed by atoms with Gasteiger partial charge in [-0.1, -0.05) is 6.92 Å². The maximum atomic E-state index is 11.2. The normalized spacial score (nSPS) is 12.1. The molecule has 5 heteroatoms. The lowest BCUT2D eigenvalue weighted by Gasteiger charge is -2.10. The summed E-state index contributed by atoms with van der Waals surface area (Å²) in [6.45, 7) is 1.92. The fraction of sp³-hybridized carbons (Fsp3) is 0.500. The number of imidazole rings is 1. The molecule has 2 N–H and O–H groups in total. The van der Waals surface area contributed by atoms with Crippen LogP contribution < -0.4 is 5.32 Å². The molecular formula is C10H15N3O2. The van der Waals surface area contributed by atoms with Crippen LogP contribution in [-0.4, -0.2) is 28.2 Å². The average Bonchev–Trinajstić information content (AvgIpc) is 2.70. The van der Waals surface area contributed by atoms with Crippen molar-refractivity contribution in [3.63, 3.8) is 0 Å². The molecule has 15 heavy (non-hydrogen) atoms. The second-order valence-electron chi connectivity index (χ2n) is 3.34. The van der Waals surface area contributed by atoms with E-state index in [4.69, 9.17) is 0 Å². The van der Waals surface area contributed by atoms with Crippen molar-refractivity contribution in [3.05, 3.63) is 18.2 Å². The van der Waals surface area contributed by atoms with Gasteiger partial charge in [-0.2, -0.15) is 0 Å². The third kappa shape index (κ3) is 3.93. The molecule has 1 aromatic heterocycles. The van der Waals surface area contributed by atoms with Gasteiger partial charge in [-0.15, -0.1) is 0 Å². The number of amides is 1. The molecule has 1 rings (SSSR count). The van der Waals surface area contributed by atoms with Crippen molar-refractivity contribution < 1.29 is 9.59 Å². The molecule has 1 amide bonds. The number of nitrogens with zero attached hydrogens (tertiary/aromatic N) is 1. The Hall–Kier alpha value is -1.65. The van der Waals surface area contributed by atoms with Gasteiger partial charge in [0.15, 0.2) is 0 Å². The first-order chi connectivity index (χ1) is 7.26. The highest BCUT2D eigenvalue weighted by atomic mass is 16.2. The molecule has 1 heterocycles. The number of hydrogen-bond acceptors (Lipinski definition) is 3. The summed E-state index contributed by atoms with van der Waals surface area (Å²) >= 11 is 0. The van der Waals surface area contributed by atoms with Crippen LogP contribution >= 0.6 is 0 Å². The zero-order valence-electron chi connectivity index (χ0n) is 8.69. The summed E-state index contributed by atoms with van der Waals surface area (Å²) in [5.41, 5.74) is 0.837. The fourth-order valence-corrected chi connectivity index (χ4v) is 1.27. The Labute approximate surface area is 88.3 Å². The number of aromatic amines is 1. The van der Waals surface area contributed by atoms with E-state index in [0.717, 1.165) is 18.4 Å². The summed E-state index contributed by atoms with van der Waals surface area (Å²) in [5, 5.41) is 2.65. The van der Waals surface area contributed by atoms with Gasteiger partial charge in [0.1, 0.15) is 6.29 Å². The third-order valence-corrected chi connectivity index (χ3v) is 1.98. The lowest BCUT2D eigenvalue weighted by atomic mass is 10.2. The van der Waals surface area contributed by atoms with E-state index in [9.17, 15) is 9.59 Å². The summed E-state index contributed by atoms with van der Waals surface area (Å²) in [6.07, 6.45) is 5.62. The third-order valence-electron chi connectivity index (χ3n) is 1.98. The molecule has 0 bridgehead atoms. The van der Waals surface area contributed by atoms with E-state index in [1.54, 1.807) is 12.5 Å². The predicted molar refractivity (Wildman–Crippen MR) is 55.2 cm³/mol. The Bertz CT molecular complexity index is 308. The Morgan fingerprint density at radius 2 is 2.53 bits per heavy atom. The zero-order chi connectivity index (χ0) is 11.1. The second-order valence-corrected chi connectivity index (χ2v) is 3.34. The number of rotatable bonds is 6. The molecule has 82 valence electrons. The van der Waals surface area contributed by atoms with E-state index in [2.05, 4.69) is 15.3 Å². The maximum Gasteiger partial charge on any atom is 0.220 e. The number of carbonyl (C=O) groups excluding carboxylic acids is 2. The van der Waals surface area contributed by atoms with Crippen LogP contribution in [0.3, 0.4) is 0 Å². The van der Waals surface area contributed by atoms with Crippen LogP contribution in [0.5, 0.6) is 0 Å². The van der Waals surface area contributed by atoms with Gasteiger partial charge < -0.3 is 15.1 Å². The van der Waals surface area contributed by atoms with Crippen molar-refractivity contribution in [3.8, 4) is 0 Å². The Kier molecular flexibility index (Phi) is 4.53. The van der Waals surface area contributed by atoms with Crippen LogP contribution in [0.4, 0.5) is 0 Å². The van der Waals surface area contributed by atoms with Crippen molar-refractivity contribution >= 4 is 12.2 Å². The minimum absolute atomic E-state index is 0.0888. The summed E-state index contributed by atoms with van der Waals surface area (Å²) in [4.78, 5) is 28.7. The Morgan fingerprint density at radius 1 is 1.73 bits per heavy atom. The summed E-state index contributed by atoms with van der Waals surface area (Å²) < 4.78 is 0. The van der Waals surface area contributed by atoms with Crippen molar-refractivity contribution in [2.45, 2.75) is 32.2 Å². The molecule has 0 aliphatic rings. The van der Waals surface area contributed by atoms with Crippen LogP contribution in [0.1, 0.15) is 25.5 Å². The highest BCUT2D eigenvalue weighted by Crippen LogP contribution is 1.97. The molecule has 1 aromatic rings. The number of H-pyrrole nitrogens is 1. The smallest absolute Gasteiger partial charge is 0.220 e. The first kappa shape index (κ1) is 11.4. The van der Waals surface area contributed by atoms with Crippen molar-refractivity contribution in [2.75, 3.05) is 0 Å². The van der Waals surface area contributed by atoms with Crippen LogP contribution in [0.15, 0.2) is 12.5 Å². The lowest BCUT2D eigenvalue weighted by Crippen LogP contribution is -2.37. The van der Waals surface area contributed by atoms with Gasteiger partial charge in [0.25, 0.3) is 0 Å². The standard InChI is InChI=1S/C10H15N3O2/c1-2-3-10(15)13-9(6-14)4-8-5-11-7-12-8/h5-7,9H,2-4H2,1H3,(H,11,12)(H,13,15)/t9-/m1/s1. The minimum Gasteiger partial charge on any atom is -0.348 e. The molecule has 1 atom stereocenters. The summed E-state index contributed by atoms with van der Waals surface area (Å²) in [7, 11) is 0. The Morgan fingerprint density at radius 3 is 3.07 bits per heavy atom. The summed E-state index contributed by atoms with van der Waals surface area (Å²) in [5.74, 6) is -0.0888. The fourth-order valence-electron chi connectivity index (χ4n) is 1.27. The Balaban J connectivity index is 2.42. The van der Waals surface area contributed by atoms with Gasteiger partial charge >= 0.3 is 0 Å². The zero-order valence-corrected chi connectivity index (χ0v) is 8.69. The molecule has 0 fully saturated rings. The van der Waals surface area contributed by atoms with E-state index in [0.29, 0.717) is 12.8 Å². The number of aldehydes is 1. The molecule has 0 saturated carbocycles. The predicted octanol–water partition coefficient (Wildman–Crippen LogP) is 0.436. The van der Waals surface area contributed by atoms with Gasteiger partial charge in [0.2, 0.25) is 5.91 Å². The molecule has 0 aliphatic heterocycles. The lowest BCUT2D eigenvalue weighted by molar-refractivity contribution is -0.124. The molecule has 0 aromatic carbocycles. The molecule has 0 radical (unpaired) electrons.